The van der Waals surface area contributed by atoms with Crippen molar-refractivity contribution in [3.8, 4) is 0 Å². The molecular formula is C24H36ClN3O2. The third kappa shape index (κ3) is 4.38. The summed E-state index contributed by atoms with van der Waals surface area (Å²) in [5.74, 6) is 0.342. The van der Waals surface area contributed by atoms with Gasteiger partial charge in [0.05, 0.1) is 5.92 Å². The van der Waals surface area contributed by atoms with Gasteiger partial charge in [0.1, 0.15) is 0 Å². The molecule has 5 nitrogen and oxygen atoms in total. The first kappa shape index (κ1) is 23.1. The number of carbonyl (C=O) groups is 2. The molecule has 2 N–H and O–H groups in total. The standard InChI is InChI=1S/C24H35N3O2.ClH/c1-16-14-18-8-3-6-12-22(18)27(16)24(29)21-11-5-4-10-20(21)23(28)26-13-7-9-19(15-26)17(2)25;/h3,6,8,12,16-17,19-21H,4-5,7,9-11,13-15,25H2,1-2H3;1H. The van der Waals surface area contributed by atoms with Gasteiger partial charge in [0.15, 0.2) is 0 Å². The van der Waals surface area contributed by atoms with Crippen LogP contribution >= 0.6 is 12.4 Å². The van der Waals surface area contributed by atoms with Crippen LogP contribution in [0.4, 0.5) is 5.69 Å². The first-order chi connectivity index (χ1) is 14.0. The second-order valence-electron chi connectivity index (χ2n) is 9.43. The summed E-state index contributed by atoms with van der Waals surface area (Å²) < 4.78 is 0. The largest absolute Gasteiger partial charge is 0.342 e. The molecule has 2 heterocycles. The molecular weight excluding hydrogens is 398 g/mol. The Hall–Kier alpha value is -1.59. The van der Waals surface area contributed by atoms with E-state index < -0.39 is 0 Å². The fourth-order valence-electron chi connectivity index (χ4n) is 5.68. The molecule has 1 saturated heterocycles. The number of halogens is 1. The van der Waals surface area contributed by atoms with Gasteiger partial charge in [-0.3, -0.25) is 9.59 Å². The minimum absolute atomic E-state index is 0. The number of amides is 2. The highest BCUT2D eigenvalue weighted by Gasteiger charge is 2.43. The van der Waals surface area contributed by atoms with Gasteiger partial charge >= 0.3 is 0 Å². The minimum atomic E-state index is -0.194. The fourth-order valence-corrected chi connectivity index (χ4v) is 5.68. The maximum atomic E-state index is 13.7. The van der Waals surface area contributed by atoms with E-state index >= 15 is 0 Å². The van der Waals surface area contributed by atoms with Crippen molar-refractivity contribution in [1.29, 1.82) is 0 Å². The second kappa shape index (κ2) is 9.69. The highest BCUT2D eigenvalue weighted by molar-refractivity contribution is 6.00. The molecule has 0 bridgehead atoms. The van der Waals surface area contributed by atoms with Crippen molar-refractivity contribution >= 4 is 29.9 Å². The van der Waals surface area contributed by atoms with E-state index in [4.69, 9.17) is 5.73 Å². The van der Waals surface area contributed by atoms with Crippen molar-refractivity contribution in [2.75, 3.05) is 18.0 Å². The third-order valence-corrected chi connectivity index (χ3v) is 7.36. The van der Waals surface area contributed by atoms with Crippen LogP contribution in [0.25, 0.3) is 0 Å². The molecule has 1 aromatic carbocycles. The third-order valence-electron chi connectivity index (χ3n) is 7.36. The topological polar surface area (TPSA) is 66.6 Å². The van der Waals surface area contributed by atoms with Crippen LogP contribution in [0.3, 0.4) is 0 Å². The molecule has 6 heteroatoms. The molecule has 166 valence electrons. The molecule has 2 aliphatic heterocycles. The molecule has 0 spiro atoms. The smallest absolute Gasteiger partial charge is 0.231 e. The summed E-state index contributed by atoms with van der Waals surface area (Å²) in [6.07, 6.45) is 6.73. The number of fused-ring (bicyclic) bond motifs is 1. The van der Waals surface area contributed by atoms with Crippen LogP contribution in [0.15, 0.2) is 24.3 Å². The van der Waals surface area contributed by atoms with Crippen LogP contribution in [-0.2, 0) is 16.0 Å². The van der Waals surface area contributed by atoms with Crippen molar-refractivity contribution in [1.82, 2.24) is 4.90 Å². The summed E-state index contributed by atoms with van der Waals surface area (Å²) in [5, 5.41) is 0. The van der Waals surface area contributed by atoms with E-state index in [1.54, 1.807) is 0 Å². The molecule has 2 amide bonds. The van der Waals surface area contributed by atoms with Crippen LogP contribution in [0.5, 0.6) is 0 Å². The van der Waals surface area contributed by atoms with E-state index in [2.05, 4.69) is 13.0 Å². The van der Waals surface area contributed by atoms with E-state index in [1.807, 2.05) is 34.9 Å². The van der Waals surface area contributed by atoms with Gasteiger partial charge in [0.25, 0.3) is 0 Å². The number of piperidine rings is 1. The molecule has 2 fully saturated rings. The van der Waals surface area contributed by atoms with E-state index in [9.17, 15) is 9.59 Å². The van der Waals surface area contributed by atoms with Crippen molar-refractivity contribution in [3.05, 3.63) is 29.8 Å². The van der Waals surface area contributed by atoms with Gasteiger partial charge in [0.2, 0.25) is 11.8 Å². The van der Waals surface area contributed by atoms with Crippen LogP contribution < -0.4 is 10.6 Å². The summed E-state index contributed by atoms with van der Waals surface area (Å²) in [6.45, 7) is 5.71. The first-order valence-electron chi connectivity index (χ1n) is 11.4. The number of para-hydroxylation sites is 1. The van der Waals surface area contributed by atoms with Gasteiger partial charge in [-0.1, -0.05) is 31.0 Å². The lowest BCUT2D eigenvalue weighted by Gasteiger charge is -2.40. The highest BCUT2D eigenvalue weighted by Crippen LogP contribution is 2.39. The fraction of sp³-hybridized carbons (Fsp3) is 0.667. The first-order valence-corrected chi connectivity index (χ1v) is 11.4. The number of hydrogen-bond acceptors (Lipinski definition) is 3. The molecule has 30 heavy (non-hydrogen) atoms. The highest BCUT2D eigenvalue weighted by atomic mass is 35.5. The zero-order chi connectivity index (χ0) is 20.5. The van der Waals surface area contributed by atoms with E-state index in [-0.39, 0.29) is 48.1 Å². The molecule has 0 radical (unpaired) electrons. The number of rotatable bonds is 3. The van der Waals surface area contributed by atoms with Crippen molar-refractivity contribution in [2.45, 2.75) is 70.9 Å². The molecule has 1 aromatic rings. The molecule has 5 atom stereocenters. The Kier molecular flexibility index (Phi) is 7.46. The van der Waals surface area contributed by atoms with Crippen LogP contribution in [0.1, 0.15) is 57.9 Å². The SMILES string of the molecule is CC(N)C1CCCN(C(=O)C2CCCCC2C(=O)N2c3ccccc3CC2C)C1.Cl. The lowest BCUT2D eigenvalue weighted by atomic mass is 9.77. The Bertz CT molecular complexity index is 769. The van der Waals surface area contributed by atoms with Gasteiger partial charge in [-0.2, -0.15) is 0 Å². The summed E-state index contributed by atoms with van der Waals surface area (Å²) in [4.78, 5) is 31.2. The summed E-state index contributed by atoms with van der Waals surface area (Å²) >= 11 is 0. The van der Waals surface area contributed by atoms with Crippen molar-refractivity contribution < 1.29 is 9.59 Å². The van der Waals surface area contributed by atoms with Crippen LogP contribution in [-0.4, -0.2) is 41.9 Å². The Labute approximate surface area is 186 Å². The number of benzene rings is 1. The predicted octanol–water partition coefficient (Wildman–Crippen LogP) is 3.78. The van der Waals surface area contributed by atoms with E-state index in [1.165, 1.54) is 5.56 Å². The molecule has 1 aliphatic carbocycles. The zero-order valence-electron chi connectivity index (χ0n) is 18.3. The summed E-state index contributed by atoms with van der Waals surface area (Å²) in [7, 11) is 0. The van der Waals surface area contributed by atoms with Gasteiger partial charge in [0, 0.05) is 36.8 Å². The second-order valence-corrected chi connectivity index (χ2v) is 9.43. The number of likely N-dealkylation sites (tertiary alicyclic amines) is 1. The maximum absolute atomic E-state index is 13.7. The van der Waals surface area contributed by atoms with Crippen molar-refractivity contribution in [2.24, 2.45) is 23.5 Å². The Morgan fingerprint density at radius 1 is 1.03 bits per heavy atom. The van der Waals surface area contributed by atoms with E-state index in [0.717, 1.165) is 63.7 Å². The zero-order valence-corrected chi connectivity index (χ0v) is 19.1. The van der Waals surface area contributed by atoms with Crippen LogP contribution in [0.2, 0.25) is 0 Å². The van der Waals surface area contributed by atoms with Crippen LogP contribution in [0, 0.1) is 17.8 Å². The molecule has 5 unspecified atom stereocenters. The number of nitrogens with zero attached hydrogens (tertiary/aromatic N) is 2. The number of carbonyl (C=O) groups excluding carboxylic acids is 2. The maximum Gasteiger partial charge on any atom is 0.231 e. The number of anilines is 1. The van der Waals surface area contributed by atoms with Gasteiger partial charge in [-0.05, 0) is 63.5 Å². The molecule has 0 aromatic heterocycles. The van der Waals surface area contributed by atoms with Gasteiger partial charge < -0.3 is 15.5 Å². The normalized spacial score (nSPS) is 29.7. The molecule has 1 saturated carbocycles. The van der Waals surface area contributed by atoms with Gasteiger partial charge in [-0.15, -0.1) is 12.4 Å². The Morgan fingerprint density at radius 2 is 1.70 bits per heavy atom. The molecule has 3 aliphatic rings. The summed E-state index contributed by atoms with van der Waals surface area (Å²) in [6, 6.07) is 8.48. The average Bonchev–Trinajstić information content (AvgIpc) is 3.08. The van der Waals surface area contributed by atoms with Crippen molar-refractivity contribution in [3.63, 3.8) is 0 Å². The van der Waals surface area contributed by atoms with Gasteiger partial charge in [-0.25, -0.2) is 0 Å². The summed E-state index contributed by atoms with van der Waals surface area (Å²) in [5.41, 5.74) is 8.41. The van der Waals surface area contributed by atoms with E-state index in [0.29, 0.717) is 5.92 Å². The lowest BCUT2D eigenvalue weighted by Crippen LogP contribution is -2.51. The molecule has 4 rings (SSSR count). The predicted molar refractivity (Wildman–Crippen MR) is 123 cm³/mol. The minimum Gasteiger partial charge on any atom is -0.342 e. The Balaban J connectivity index is 0.00000256. The monoisotopic (exact) mass is 433 g/mol. The lowest BCUT2D eigenvalue weighted by molar-refractivity contribution is -0.144. The number of hydrogen-bond donors (Lipinski definition) is 1. The quantitative estimate of drug-likeness (QED) is 0.788. The number of nitrogens with two attached hydrogens (primary N) is 1. The Morgan fingerprint density at radius 3 is 2.40 bits per heavy atom. The average molecular weight is 434 g/mol.